The molecule has 1 saturated carbocycles. The first-order chi connectivity index (χ1) is 9.39. The molecule has 1 aromatic carbocycles. The molecule has 0 spiro atoms. The minimum atomic E-state index is -3.72. The molecule has 3 unspecified atom stereocenters. The van der Waals surface area contributed by atoms with E-state index in [1.807, 2.05) is 0 Å². The van der Waals surface area contributed by atoms with Crippen molar-refractivity contribution in [3.63, 3.8) is 0 Å². The van der Waals surface area contributed by atoms with Crippen LogP contribution in [0.25, 0.3) is 0 Å². The molecule has 3 atom stereocenters. The van der Waals surface area contributed by atoms with Crippen LogP contribution in [0.3, 0.4) is 0 Å². The van der Waals surface area contributed by atoms with Gasteiger partial charge in [-0.1, -0.05) is 0 Å². The van der Waals surface area contributed by atoms with Gasteiger partial charge in [0, 0.05) is 19.0 Å². The fourth-order valence-corrected chi connectivity index (χ4v) is 4.92. The monoisotopic (exact) mass is 300 g/mol. The van der Waals surface area contributed by atoms with Crippen molar-refractivity contribution in [2.75, 3.05) is 18.8 Å². The van der Waals surface area contributed by atoms with E-state index in [1.54, 1.807) is 0 Å². The standard InChI is InChI=1S/C13H17FN2O3S/c14-9-2-4-13(11(15)5-9)20(18,19)16-6-8-1-3-12(17)10(8)7-16/h2,4-5,8,10,12,17H,1,3,6-7,15H2. The molecule has 1 aromatic rings. The predicted molar refractivity (Wildman–Crippen MR) is 71.8 cm³/mol. The third-order valence-electron chi connectivity index (χ3n) is 4.38. The second-order valence-corrected chi connectivity index (χ2v) is 7.48. The Morgan fingerprint density at radius 2 is 2.05 bits per heavy atom. The van der Waals surface area contributed by atoms with Crippen LogP contribution in [0, 0.1) is 17.7 Å². The van der Waals surface area contributed by atoms with Gasteiger partial charge < -0.3 is 10.8 Å². The van der Waals surface area contributed by atoms with Gasteiger partial charge in [0.05, 0.1) is 11.8 Å². The number of aliphatic hydroxyl groups excluding tert-OH is 1. The third-order valence-corrected chi connectivity index (χ3v) is 6.28. The van der Waals surface area contributed by atoms with E-state index in [4.69, 9.17) is 5.73 Å². The number of rotatable bonds is 2. The zero-order valence-corrected chi connectivity index (χ0v) is 11.7. The van der Waals surface area contributed by atoms with Gasteiger partial charge in [-0.05, 0) is 37.0 Å². The number of aliphatic hydroxyl groups is 1. The highest BCUT2D eigenvalue weighted by atomic mass is 32.2. The Bertz CT molecular complexity index is 635. The number of nitrogens with zero attached hydrogens (tertiary/aromatic N) is 1. The van der Waals surface area contributed by atoms with E-state index in [2.05, 4.69) is 0 Å². The molecule has 1 saturated heterocycles. The maximum absolute atomic E-state index is 13.0. The topological polar surface area (TPSA) is 83.6 Å². The summed E-state index contributed by atoms with van der Waals surface area (Å²) in [4.78, 5) is -0.0617. The summed E-state index contributed by atoms with van der Waals surface area (Å²) in [6, 6.07) is 3.30. The number of hydrogen-bond acceptors (Lipinski definition) is 4. The van der Waals surface area contributed by atoms with E-state index >= 15 is 0 Å². The van der Waals surface area contributed by atoms with Crippen molar-refractivity contribution in [3.05, 3.63) is 24.0 Å². The molecule has 3 rings (SSSR count). The van der Waals surface area contributed by atoms with Crippen molar-refractivity contribution in [2.24, 2.45) is 11.8 Å². The summed E-state index contributed by atoms with van der Waals surface area (Å²) in [5.74, 6) is -0.344. The Balaban J connectivity index is 1.90. The lowest BCUT2D eigenvalue weighted by molar-refractivity contribution is 0.129. The predicted octanol–water partition coefficient (Wildman–Crippen LogP) is 0.799. The van der Waals surface area contributed by atoms with Crippen molar-refractivity contribution in [1.82, 2.24) is 4.31 Å². The van der Waals surface area contributed by atoms with Crippen LogP contribution in [0.4, 0.5) is 10.1 Å². The van der Waals surface area contributed by atoms with Gasteiger partial charge >= 0.3 is 0 Å². The average molecular weight is 300 g/mol. The number of nitrogens with two attached hydrogens (primary N) is 1. The lowest BCUT2D eigenvalue weighted by Crippen LogP contribution is -2.31. The van der Waals surface area contributed by atoms with Gasteiger partial charge in [0.15, 0.2) is 0 Å². The van der Waals surface area contributed by atoms with Gasteiger partial charge in [-0.2, -0.15) is 4.31 Å². The van der Waals surface area contributed by atoms with E-state index in [-0.39, 0.29) is 22.4 Å². The molecule has 7 heteroatoms. The van der Waals surface area contributed by atoms with Gasteiger partial charge in [0.25, 0.3) is 0 Å². The van der Waals surface area contributed by atoms with Crippen molar-refractivity contribution < 1.29 is 17.9 Å². The number of anilines is 1. The summed E-state index contributed by atoms with van der Waals surface area (Å²) in [7, 11) is -3.72. The summed E-state index contributed by atoms with van der Waals surface area (Å²) in [5.41, 5.74) is 5.54. The van der Waals surface area contributed by atoms with Crippen LogP contribution in [0.1, 0.15) is 12.8 Å². The molecule has 1 aliphatic heterocycles. The second kappa shape index (κ2) is 4.68. The molecule has 0 radical (unpaired) electrons. The lowest BCUT2D eigenvalue weighted by atomic mass is 10.00. The lowest BCUT2D eigenvalue weighted by Gasteiger charge is -2.19. The maximum atomic E-state index is 13.0. The molecule has 3 N–H and O–H groups in total. The fraction of sp³-hybridized carbons (Fsp3) is 0.538. The number of sulfonamides is 1. The quantitative estimate of drug-likeness (QED) is 0.791. The molecule has 2 fully saturated rings. The first-order valence-corrected chi connectivity index (χ1v) is 8.07. The SMILES string of the molecule is Nc1cc(F)ccc1S(=O)(=O)N1CC2CCC(O)C2C1. The van der Waals surface area contributed by atoms with Crippen LogP contribution in [-0.4, -0.2) is 37.0 Å². The highest BCUT2D eigenvalue weighted by Crippen LogP contribution is 2.40. The van der Waals surface area contributed by atoms with Crippen LogP contribution >= 0.6 is 0 Å². The molecular weight excluding hydrogens is 283 g/mol. The molecule has 2 aliphatic rings. The summed E-state index contributed by atoms with van der Waals surface area (Å²) in [5, 5.41) is 9.85. The Kier molecular flexibility index (Phi) is 3.23. The Labute approximate surface area is 117 Å². The van der Waals surface area contributed by atoms with Gasteiger partial charge in [0.2, 0.25) is 10.0 Å². The minimum absolute atomic E-state index is 0.00597. The van der Waals surface area contributed by atoms with E-state index in [1.165, 1.54) is 10.4 Å². The van der Waals surface area contributed by atoms with Crippen LogP contribution in [-0.2, 0) is 10.0 Å². The largest absolute Gasteiger partial charge is 0.398 e. The minimum Gasteiger partial charge on any atom is -0.398 e. The molecule has 5 nitrogen and oxygen atoms in total. The first-order valence-electron chi connectivity index (χ1n) is 6.63. The zero-order chi connectivity index (χ0) is 14.5. The van der Waals surface area contributed by atoms with Crippen molar-refractivity contribution >= 4 is 15.7 Å². The average Bonchev–Trinajstić information content (AvgIpc) is 2.92. The summed E-state index contributed by atoms with van der Waals surface area (Å²) in [6.07, 6.45) is 1.16. The number of hydrogen-bond donors (Lipinski definition) is 2. The molecule has 0 aromatic heterocycles. The summed E-state index contributed by atoms with van der Waals surface area (Å²) in [6.45, 7) is 0.714. The molecule has 0 bridgehead atoms. The molecule has 20 heavy (non-hydrogen) atoms. The third kappa shape index (κ3) is 2.10. The molecular formula is C13H17FN2O3S. The van der Waals surface area contributed by atoms with Crippen LogP contribution in [0.15, 0.2) is 23.1 Å². The zero-order valence-electron chi connectivity index (χ0n) is 10.9. The van der Waals surface area contributed by atoms with Gasteiger partial charge in [-0.3, -0.25) is 0 Å². The second-order valence-electron chi connectivity index (χ2n) is 5.57. The summed E-state index contributed by atoms with van der Waals surface area (Å²) < 4.78 is 39.5. The van der Waals surface area contributed by atoms with Crippen molar-refractivity contribution in [1.29, 1.82) is 0 Å². The van der Waals surface area contributed by atoms with Crippen molar-refractivity contribution in [2.45, 2.75) is 23.8 Å². The van der Waals surface area contributed by atoms with Crippen LogP contribution < -0.4 is 5.73 Å². The van der Waals surface area contributed by atoms with E-state index < -0.39 is 21.9 Å². The van der Waals surface area contributed by atoms with Gasteiger partial charge in [0.1, 0.15) is 10.7 Å². The van der Waals surface area contributed by atoms with Crippen molar-refractivity contribution in [3.8, 4) is 0 Å². The smallest absolute Gasteiger partial charge is 0.245 e. The van der Waals surface area contributed by atoms with Crippen LogP contribution in [0.2, 0.25) is 0 Å². The number of benzene rings is 1. The first kappa shape index (κ1) is 13.8. The summed E-state index contributed by atoms with van der Waals surface area (Å²) >= 11 is 0. The molecule has 110 valence electrons. The number of halogens is 1. The van der Waals surface area contributed by atoms with Gasteiger partial charge in [-0.25, -0.2) is 12.8 Å². The van der Waals surface area contributed by atoms with E-state index in [0.29, 0.717) is 13.1 Å². The molecule has 0 amide bonds. The normalized spacial score (nSPS) is 30.6. The highest BCUT2D eigenvalue weighted by Gasteiger charge is 2.46. The maximum Gasteiger partial charge on any atom is 0.245 e. The highest BCUT2D eigenvalue weighted by molar-refractivity contribution is 7.89. The number of nitrogen functional groups attached to an aromatic ring is 1. The van der Waals surface area contributed by atoms with E-state index in [0.717, 1.165) is 25.0 Å². The molecule has 1 aliphatic carbocycles. The Morgan fingerprint density at radius 3 is 2.70 bits per heavy atom. The van der Waals surface area contributed by atoms with E-state index in [9.17, 15) is 17.9 Å². The number of fused-ring (bicyclic) bond motifs is 1. The molecule has 1 heterocycles. The van der Waals surface area contributed by atoms with Gasteiger partial charge in [-0.15, -0.1) is 0 Å². The van der Waals surface area contributed by atoms with Crippen LogP contribution in [0.5, 0.6) is 0 Å². The Hall–Kier alpha value is -1.18. The Morgan fingerprint density at radius 1 is 1.30 bits per heavy atom. The fourth-order valence-electron chi connectivity index (χ4n) is 3.29.